The molecule has 1 fully saturated rings. The first-order valence-corrected chi connectivity index (χ1v) is 7.07. The molecule has 0 bridgehead atoms. The number of ether oxygens (including phenoxy) is 2. The van der Waals surface area contributed by atoms with E-state index in [4.69, 9.17) is 9.47 Å². The Kier molecular flexibility index (Phi) is 4.14. The second-order valence-corrected chi connectivity index (χ2v) is 5.16. The van der Waals surface area contributed by atoms with Gasteiger partial charge in [-0.3, -0.25) is 0 Å². The molecule has 2 aromatic rings. The summed E-state index contributed by atoms with van der Waals surface area (Å²) in [5.41, 5.74) is 0.644. The zero-order chi connectivity index (χ0) is 13.8. The average Bonchev–Trinajstić information content (AvgIpc) is 2.53. The molecule has 4 nitrogen and oxygen atoms in total. The van der Waals surface area contributed by atoms with Gasteiger partial charge in [-0.15, -0.1) is 0 Å². The van der Waals surface area contributed by atoms with Crippen molar-refractivity contribution in [2.75, 3.05) is 19.8 Å². The monoisotopic (exact) mass is 273 g/mol. The average molecular weight is 273 g/mol. The van der Waals surface area contributed by atoms with E-state index in [0.29, 0.717) is 24.1 Å². The molecular formula is C16H19NO3. The van der Waals surface area contributed by atoms with Crippen LogP contribution in [0, 0.1) is 5.92 Å². The zero-order valence-corrected chi connectivity index (χ0v) is 11.4. The summed E-state index contributed by atoms with van der Waals surface area (Å²) in [5, 5.41) is 11.4. The molecule has 1 aliphatic rings. The smallest absolute Gasteiger partial charge is 0.221 e. The third-order valence-corrected chi connectivity index (χ3v) is 3.72. The van der Waals surface area contributed by atoms with E-state index in [1.165, 1.54) is 0 Å². The fourth-order valence-corrected chi connectivity index (χ4v) is 2.52. The highest BCUT2D eigenvalue weighted by Crippen LogP contribution is 2.26. The zero-order valence-electron chi connectivity index (χ0n) is 11.4. The van der Waals surface area contributed by atoms with Crippen molar-refractivity contribution in [2.45, 2.75) is 19.4 Å². The van der Waals surface area contributed by atoms with Gasteiger partial charge in [0.1, 0.15) is 0 Å². The fraction of sp³-hybridized carbons (Fsp3) is 0.438. The number of rotatable bonds is 4. The van der Waals surface area contributed by atoms with Crippen molar-refractivity contribution in [3.05, 3.63) is 36.0 Å². The van der Waals surface area contributed by atoms with E-state index in [1.807, 2.05) is 30.3 Å². The Morgan fingerprint density at radius 2 is 2.05 bits per heavy atom. The number of hydrogen-bond donors (Lipinski definition) is 1. The molecule has 1 aromatic heterocycles. The highest BCUT2D eigenvalue weighted by Gasteiger charge is 2.15. The van der Waals surface area contributed by atoms with E-state index in [2.05, 4.69) is 4.98 Å². The number of benzene rings is 1. The van der Waals surface area contributed by atoms with Crippen LogP contribution in [-0.4, -0.2) is 29.9 Å². The molecule has 0 unspecified atom stereocenters. The summed E-state index contributed by atoms with van der Waals surface area (Å²) >= 11 is 0. The number of fused-ring (bicyclic) bond motifs is 1. The molecule has 1 saturated heterocycles. The van der Waals surface area contributed by atoms with Crippen molar-refractivity contribution in [3.8, 4) is 5.88 Å². The first kappa shape index (κ1) is 13.3. The topological polar surface area (TPSA) is 51.6 Å². The van der Waals surface area contributed by atoms with Gasteiger partial charge in [0.2, 0.25) is 5.88 Å². The van der Waals surface area contributed by atoms with Crippen molar-refractivity contribution < 1.29 is 14.6 Å². The molecule has 0 atom stereocenters. The maximum atomic E-state index is 9.30. The van der Waals surface area contributed by atoms with E-state index >= 15 is 0 Å². The lowest BCUT2D eigenvalue weighted by molar-refractivity contribution is 0.0492. The van der Waals surface area contributed by atoms with Gasteiger partial charge in [0.25, 0.3) is 0 Å². The van der Waals surface area contributed by atoms with Crippen LogP contribution in [-0.2, 0) is 11.3 Å². The molecule has 0 radical (unpaired) electrons. The number of aliphatic hydroxyl groups excluding tert-OH is 1. The second-order valence-electron chi connectivity index (χ2n) is 5.16. The maximum absolute atomic E-state index is 9.30. The van der Waals surface area contributed by atoms with Crippen molar-refractivity contribution in [1.82, 2.24) is 4.98 Å². The van der Waals surface area contributed by atoms with Gasteiger partial charge in [-0.1, -0.05) is 18.2 Å². The van der Waals surface area contributed by atoms with E-state index in [-0.39, 0.29) is 6.61 Å². The van der Waals surface area contributed by atoms with E-state index in [0.717, 1.165) is 36.8 Å². The van der Waals surface area contributed by atoms with Crippen molar-refractivity contribution in [1.29, 1.82) is 0 Å². The molecule has 4 heteroatoms. The molecule has 0 amide bonds. The van der Waals surface area contributed by atoms with Crippen LogP contribution >= 0.6 is 0 Å². The predicted molar refractivity (Wildman–Crippen MR) is 76.7 cm³/mol. The second kappa shape index (κ2) is 6.20. The number of pyridine rings is 1. The Balaban J connectivity index is 1.81. The molecule has 0 spiro atoms. The summed E-state index contributed by atoms with van der Waals surface area (Å²) in [6.45, 7) is 2.23. The van der Waals surface area contributed by atoms with Gasteiger partial charge >= 0.3 is 0 Å². The van der Waals surface area contributed by atoms with E-state index < -0.39 is 0 Å². The molecule has 1 aliphatic heterocycles. The minimum Gasteiger partial charge on any atom is -0.477 e. The predicted octanol–water partition coefficient (Wildman–Crippen LogP) is 2.53. The lowest BCUT2D eigenvalue weighted by atomic mass is 10.0. The number of hydrogen-bond acceptors (Lipinski definition) is 4. The van der Waals surface area contributed by atoms with Crippen molar-refractivity contribution in [2.24, 2.45) is 5.92 Å². The number of nitrogens with zero attached hydrogens (tertiary/aromatic N) is 1. The molecule has 1 aromatic carbocycles. The fourth-order valence-electron chi connectivity index (χ4n) is 2.52. The quantitative estimate of drug-likeness (QED) is 0.930. The standard InChI is InChI=1S/C16H19NO3/c18-10-14-9-13-3-1-2-4-15(13)16(17-14)20-11-12-5-7-19-8-6-12/h1-4,9,12,18H,5-8,10-11H2. The van der Waals surface area contributed by atoms with Gasteiger partial charge in [0.15, 0.2) is 0 Å². The van der Waals surface area contributed by atoms with Gasteiger partial charge in [-0.05, 0) is 36.3 Å². The minimum absolute atomic E-state index is 0.0710. The van der Waals surface area contributed by atoms with Gasteiger partial charge in [-0.2, -0.15) is 0 Å². The Labute approximate surface area is 118 Å². The summed E-state index contributed by atoms with van der Waals surface area (Å²) in [6, 6.07) is 9.87. The Hall–Kier alpha value is -1.65. The molecule has 20 heavy (non-hydrogen) atoms. The summed E-state index contributed by atoms with van der Waals surface area (Å²) in [7, 11) is 0. The third kappa shape index (κ3) is 2.92. The van der Waals surface area contributed by atoms with Crippen molar-refractivity contribution in [3.63, 3.8) is 0 Å². The molecule has 0 aliphatic carbocycles. The third-order valence-electron chi connectivity index (χ3n) is 3.72. The lowest BCUT2D eigenvalue weighted by Gasteiger charge is -2.22. The highest BCUT2D eigenvalue weighted by molar-refractivity contribution is 5.87. The number of aromatic nitrogens is 1. The van der Waals surface area contributed by atoms with Crippen LogP contribution in [0.15, 0.2) is 30.3 Å². The molecule has 3 rings (SSSR count). The molecule has 0 saturated carbocycles. The lowest BCUT2D eigenvalue weighted by Crippen LogP contribution is -2.21. The Morgan fingerprint density at radius 3 is 2.85 bits per heavy atom. The summed E-state index contributed by atoms with van der Waals surface area (Å²) in [6.07, 6.45) is 2.08. The number of aliphatic hydroxyl groups is 1. The summed E-state index contributed by atoms with van der Waals surface area (Å²) in [5.74, 6) is 1.15. The van der Waals surface area contributed by atoms with Crippen LogP contribution in [0.2, 0.25) is 0 Å². The van der Waals surface area contributed by atoms with Gasteiger partial charge in [0, 0.05) is 18.6 Å². The van der Waals surface area contributed by atoms with Gasteiger partial charge in [-0.25, -0.2) is 4.98 Å². The minimum atomic E-state index is -0.0710. The van der Waals surface area contributed by atoms with E-state index in [9.17, 15) is 5.11 Å². The first-order chi connectivity index (χ1) is 9.86. The van der Waals surface area contributed by atoms with Crippen LogP contribution < -0.4 is 4.74 Å². The van der Waals surface area contributed by atoms with Crippen LogP contribution in [0.3, 0.4) is 0 Å². The molecule has 1 N–H and O–H groups in total. The normalized spacial score (nSPS) is 16.4. The van der Waals surface area contributed by atoms with Crippen LogP contribution in [0.5, 0.6) is 5.88 Å². The van der Waals surface area contributed by atoms with Crippen LogP contribution in [0.4, 0.5) is 0 Å². The van der Waals surface area contributed by atoms with E-state index in [1.54, 1.807) is 0 Å². The Bertz CT molecular complexity index is 579. The summed E-state index contributed by atoms with van der Waals surface area (Å²) < 4.78 is 11.3. The van der Waals surface area contributed by atoms with Crippen LogP contribution in [0.25, 0.3) is 10.8 Å². The molecular weight excluding hydrogens is 254 g/mol. The van der Waals surface area contributed by atoms with Gasteiger partial charge < -0.3 is 14.6 Å². The molecule has 2 heterocycles. The summed E-state index contributed by atoms with van der Waals surface area (Å²) in [4.78, 5) is 4.40. The largest absolute Gasteiger partial charge is 0.477 e. The first-order valence-electron chi connectivity index (χ1n) is 7.07. The van der Waals surface area contributed by atoms with Crippen LogP contribution in [0.1, 0.15) is 18.5 Å². The Morgan fingerprint density at radius 1 is 1.25 bits per heavy atom. The maximum Gasteiger partial charge on any atom is 0.221 e. The highest BCUT2D eigenvalue weighted by atomic mass is 16.5. The SMILES string of the molecule is OCc1cc2ccccc2c(OCC2CCOCC2)n1. The molecule has 106 valence electrons. The van der Waals surface area contributed by atoms with Crippen molar-refractivity contribution >= 4 is 10.8 Å². The van der Waals surface area contributed by atoms with Gasteiger partial charge in [0.05, 0.1) is 18.9 Å².